The molecule has 0 saturated carbocycles. The fraction of sp³-hybridized carbons (Fsp3) is 0.375. The van der Waals surface area contributed by atoms with E-state index in [-0.39, 0.29) is 17.3 Å². The Bertz CT molecular complexity index is 611. The summed E-state index contributed by atoms with van der Waals surface area (Å²) in [6.45, 7) is 4.17. The molecule has 0 fully saturated rings. The molecule has 1 aliphatic heterocycles. The molecule has 0 aromatic heterocycles. The smallest absolute Gasteiger partial charge is 0.268 e. The second kappa shape index (κ2) is 5.88. The zero-order valence-electron chi connectivity index (χ0n) is 12.3. The van der Waals surface area contributed by atoms with Crippen LogP contribution in [0.5, 0.6) is 5.75 Å². The Morgan fingerprint density at radius 3 is 2.48 bits per heavy atom. The molecule has 1 amide bonds. The number of carbonyl (C=O) groups excluding carboxylic acids is 1. The van der Waals surface area contributed by atoms with Gasteiger partial charge in [-0.2, -0.15) is 5.26 Å². The van der Waals surface area contributed by atoms with Crippen LogP contribution in [-0.4, -0.2) is 29.1 Å². The standard InChI is InChI=1S/C16H18N2O3/c1-10(2)14-15(19)13(8-17)16(20)18(14)9-11-4-6-12(21-3)7-5-11/h4-7,10,14,19H,9H2,1-3H3. The number of rotatable bonds is 4. The summed E-state index contributed by atoms with van der Waals surface area (Å²) in [5.41, 5.74) is 0.768. The SMILES string of the molecule is COc1ccc(CN2C(=O)C(C#N)=C(O)C2C(C)C)cc1. The first-order valence-electron chi connectivity index (χ1n) is 6.76. The van der Waals surface area contributed by atoms with Crippen molar-refractivity contribution in [2.75, 3.05) is 7.11 Å². The first-order valence-corrected chi connectivity index (χ1v) is 6.76. The molecule has 1 aliphatic rings. The number of hydrogen-bond acceptors (Lipinski definition) is 4. The molecule has 5 heteroatoms. The van der Waals surface area contributed by atoms with Gasteiger partial charge in [-0.15, -0.1) is 0 Å². The summed E-state index contributed by atoms with van der Waals surface area (Å²) >= 11 is 0. The second-order valence-corrected chi connectivity index (χ2v) is 5.34. The fourth-order valence-corrected chi connectivity index (χ4v) is 2.55. The summed E-state index contributed by atoms with van der Waals surface area (Å²) < 4.78 is 5.10. The van der Waals surface area contributed by atoms with E-state index in [4.69, 9.17) is 10.00 Å². The molecule has 21 heavy (non-hydrogen) atoms. The molecule has 1 aromatic rings. The van der Waals surface area contributed by atoms with Crippen molar-refractivity contribution in [2.45, 2.75) is 26.4 Å². The average molecular weight is 286 g/mol. The van der Waals surface area contributed by atoms with Crippen LogP contribution in [0.15, 0.2) is 35.6 Å². The number of benzene rings is 1. The number of aliphatic hydroxyl groups is 1. The lowest BCUT2D eigenvalue weighted by Gasteiger charge is -2.28. The topological polar surface area (TPSA) is 73.6 Å². The van der Waals surface area contributed by atoms with Crippen LogP contribution in [0.25, 0.3) is 0 Å². The molecule has 0 aliphatic carbocycles. The minimum absolute atomic E-state index is 0.0260. The van der Waals surface area contributed by atoms with Gasteiger partial charge in [0.25, 0.3) is 5.91 Å². The largest absolute Gasteiger partial charge is 0.508 e. The van der Waals surface area contributed by atoms with E-state index in [9.17, 15) is 9.90 Å². The lowest BCUT2D eigenvalue weighted by molar-refractivity contribution is -0.128. The van der Waals surface area contributed by atoms with Gasteiger partial charge in [0.2, 0.25) is 0 Å². The molecule has 1 aromatic carbocycles. The number of hydrogen-bond donors (Lipinski definition) is 1. The Balaban J connectivity index is 2.26. The minimum atomic E-state index is -0.450. The quantitative estimate of drug-likeness (QED) is 0.922. The maximum Gasteiger partial charge on any atom is 0.268 e. The van der Waals surface area contributed by atoms with E-state index in [0.717, 1.165) is 11.3 Å². The molecule has 1 atom stereocenters. The third kappa shape index (κ3) is 2.70. The van der Waals surface area contributed by atoms with Crippen molar-refractivity contribution in [3.8, 4) is 11.8 Å². The van der Waals surface area contributed by atoms with Crippen LogP contribution >= 0.6 is 0 Å². The number of amides is 1. The van der Waals surface area contributed by atoms with Crippen molar-refractivity contribution in [3.63, 3.8) is 0 Å². The van der Waals surface area contributed by atoms with E-state index < -0.39 is 11.9 Å². The van der Waals surface area contributed by atoms with E-state index in [1.807, 2.05) is 38.1 Å². The summed E-state index contributed by atoms with van der Waals surface area (Å²) in [5, 5.41) is 19.1. The Labute approximate surface area is 124 Å². The average Bonchev–Trinajstić information content (AvgIpc) is 2.70. The van der Waals surface area contributed by atoms with Gasteiger partial charge in [0, 0.05) is 6.54 Å². The predicted octanol–water partition coefficient (Wildman–Crippen LogP) is 2.40. The Morgan fingerprint density at radius 2 is 2.00 bits per heavy atom. The summed E-state index contributed by atoms with van der Waals surface area (Å²) in [5.74, 6) is 0.235. The van der Waals surface area contributed by atoms with Gasteiger partial charge in [-0.05, 0) is 23.6 Å². The minimum Gasteiger partial charge on any atom is -0.508 e. The molecule has 1 N–H and O–H groups in total. The van der Waals surface area contributed by atoms with Crippen LogP contribution in [0.4, 0.5) is 0 Å². The highest BCUT2D eigenvalue weighted by molar-refractivity contribution is 6.00. The van der Waals surface area contributed by atoms with Gasteiger partial charge in [0.1, 0.15) is 17.6 Å². The highest BCUT2D eigenvalue weighted by Crippen LogP contribution is 2.30. The maximum atomic E-state index is 12.3. The zero-order chi connectivity index (χ0) is 15.6. The molecular weight excluding hydrogens is 268 g/mol. The van der Waals surface area contributed by atoms with Crippen LogP contribution < -0.4 is 4.74 Å². The molecule has 110 valence electrons. The normalized spacial score (nSPS) is 18.3. The maximum absolute atomic E-state index is 12.3. The van der Waals surface area contributed by atoms with E-state index in [2.05, 4.69) is 0 Å². The van der Waals surface area contributed by atoms with Crippen LogP contribution in [-0.2, 0) is 11.3 Å². The molecule has 2 rings (SSSR count). The second-order valence-electron chi connectivity index (χ2n) is 5.34. The van der Waals surface area contributed by atoms with Gasteiger partial charge in [-0.25, -0.2) is 0 Å². The summed E-state index contributed by atoms with van der Waals surface area (Å²) in [6.07, 6.45) is 0. The van der Waals surface area contributed by atoms with Crippen LogP contribution in [0, 0.1) is 17.2 Å². The molecule has 1 heterocycles. The number of nitrogens with zero attached hydrogens (tertiary/aromatic N) is 2. The summed E-state index contributed by atoms with van der Waals surface area (Å²) in [7, 11) is 1.59. The zero-order valence-corrected chi connectivity index (χ0v) is 12.3. The molecule has 0 bridgehead atoms. The number of carbonyl (C=O) groups is 1. The van der Waals surface area contributed by atoms with Crippen molar-refractivity contribution in [2.24, 2.45) is 5.92 Å². The molecule has 0 spiro atoms. The van der Waals surface area contributed by atoms with Crippen molar-refractivity contribution >= 4 is 5.91 Å². The molecular formula is C16H18N2O3. The van der Waals surface area contributed by atoms with Gasteiger partial charge in [0.15, 0.2) is 5.57 Å². The third-order valence-electron chi connectivity index (χ3n) is 3.60. The van der Waals surface area contributed by atoms with Gasteiger partial charge < -0.3 is 14.7 Å². The van der Waals surface area contributed by atoms with Crippen molar-refractivity contribution in [1.29, 1.82) is 5.26 Å². The van der Waals surface area contributed by atoms with Crippen LogP contribution in [0.2, 0.25) is 0 Å². The number of nitriles is 1. The van der Waals surface area contributed by atoms with Crippen LogP contribution in [0.3, 0.4) is 0 Å². The van der Waals surface area contributed by atoms with E-state index >= 15 is 0 Å². The van der Waals surface area contributed by atoms with E-state index in [1.54, 1.807) is 18.1 Å². The van der Waals surface area contributed by atoms with Crippen LogP contribution in [0.1, 0.15) is 19.4 Å². The highest BCUT2D eigenvalue weighted by atomic mass is 16.5. The van der Waals surface area contributed by atoms with Crippen molar-refractivity contribution < 1.29 is 14.6 Å². The van der Waals surface area contributed by atoms with E-state index in [1.165, 1.54) is 0 Å². The monoisotopic (exact) mass is 286 g/mol. The molecule has 1 unspecified atom stereocenters. The van der Waals surface area contributed by atoms with Gasteiger partial charge in [-0.1, -0.05) is 26.0 Å². The first-order chi connectivity index (χ1) is 9.99. The van der Waals surface area contributed by atoms with Gasteiger partial charge in [0.05, 0.1) is 13.2 Å². The number of aliphatic hydroxyl groups excluding tert-OH is 1. The molecule has 0 radical (unpaired) electrons. The fourth-order valence-electron chi connectivity index (χ4n) is 2.55. The Morgan fingerprint density at radius 1 is 1.38 bits per heavy atom. The third-order valence-corrected chi connectivity index (χ3v) is 3.60. The number of methoxy groups -OCH3 is 1. The lowest BCUT2D eigenvalue weighted by atomic mass is 10.0. The van der Waals surface area contributed by atoms with Gasteiger partial charge >= 0.3 is 0 Å². The Kier molecular flexibility index (Phi) is 4.18. The lowest BCUT2D eigenvalue weighted by Crippen LogP contribution is -2.38. The summed E-state index contributed by atoms with van der Waals surface area (Å²) in [6, 6.07) is 8.72. The van der Waals surface area contributed by atoms with Crippen molar-refractivity contribution in [1.82, 2.24) is 4.90 Å². The molecule has 5 nitrogen and oxygen atoms in total. The number of ether oxygens (including phenoxy) is 1. The summed E-state index contributed by atoms with van der Waals surface area (Å²) in [4.78, 5) is 13.8. The van der Waals surface area contributed by atoms with Crippen molar-refractivity contribution in [3.05, 3.63) is 41.2 Å². The van der Waals surface area contributed by atoms with Gasteiger partial charge in [-0.3, -0.25) is 4.79 Å². The predicted molar refractivity (Wildman–Crippen MR) is 77.4 cm³/mol. The molecule has 0 saturated heterocycles. The Hall–Kier alpha value is -2.48. The van der Waals surface area contributed by atoms with E-state index in [0.29, 0.717) is 6.54 Å². The first kappa shape index (κ1) is 14.9. The highest BCUT2D eigenvalue weighted by Gasteiger charge is 2.41.